The molecule has 0 aliphatic carbocycles. The molecule has 0 amide bonds. The van der Waals surface area contributed by atoms with Gasteiger partial charge in [-0.05, 0) is 18.6 Å². The molecule has 0 saturated carbocycles. The second-order valence-corrected chi connectivity index (χ2v) is 4.52. The number of esters is 1. The topological polar surface area (TPSA) is 65.2 Å². The molecule has 0 saturated heterocycles. The number of rotatable bonds is 4. The zero-order valence-electron chi connectivity index (χ0n) is 10.5. The van der Waals surface area contributed by atoms with Gasteiger partial charge in [-0.1, -0.05) is 18.2 Å². The highest BCUT2D eigenvalue weighted by molar-refractivity contribution is 8.93. The number of carbonyl (C=O) groups is 1. The van der Waals surface area contributed by atoms with Crippen molar-refractivity contribution < 1.29 is 9.53 Å². The van der Waals surface area contributed by atoms with Crippen LogP contribution in [-0.4, -0.2) is 17.6 Å². The predicted octanol–water partition coefficient (Wildman–Crippen LogP) is 3.02. The summed E-state index contributed by atoms with van der Waals surface area (Å²) < 4.78 is 4.91. The Balaban J connectivity index is 0.00000180. The third-order valence-electron chi connectivity index (χ3n) is 2.40. The van der Waals surface area contributed by atoms with Gasteiger partial charge >= 0.3 is 5.97 Å². The summed E-state index contributed by atoms with van der Waals surface area (Å²) >= 11 is 1.42. The van der Waals surface area contributed by atoms with E-state index in [9.17, 15) is 4.79 Å². The molecule has 0 spiro atoms. The van der Waals surface area contributed by atoms with Crippen molar-refractivity contribution in [3.63, 3.8) is 0 Å². The molecule has 4 nitrogen and oxygen atoms in total. The summed E-state index contributed by atoms with van der Waals surface area (Å²) in [5.41, 5.74) is 7.97. The molecule has 6 heteroatoms. The van der Waals surface area contributed by atoms with E-state index in [1.165, 1.54) is 11.3 Å². The first-order valence-corrected chi connectivity index (χ1v) is 6.54. The number of benzene rings is 1. The normalized spacial score (nSPS) is 9.79. The molecule has 0 atom stereocenters. The van der Waals surface area contributed by atoms with Crippen LogP contribution >= 0.6 is 28.3 Å². The molecule has 1 heterocycles. The minimum atomic E-state index is -0.380. The summed E-state index contributed by atoms with van der Waals surface area (Å²) in [5, 5.41) is 2.51. The van der Waals surface area contributed by atoms with Crippen LogP contribution in [0.25, 0.3) is 10.6 Å². The quantitative estimate of drug-likeness (QED) is 0.867. The number of nitrogens with zero attached hydrogens (tertiary/aromatic N) is 1. The van der Waals surface area contributed by atoms with Gasteiger partial charge in [0.25, 0.3) is 0 Å². The molecule has 1 aromatic carbocycles. The van der Waals surface area contributed by atoms with Gasteiger partial charge in [-0.3, -0.25) is 0 Å². The Morgan fingerprint density at radius 1 is 1.47 bits per heavy atom. The molecule has 0 aliphatic heterocycles. The lowest BCUT2D eigenvalue weighted by Gasteiger charge is -2.00. The van der Waals surface area contributed by atoms with Crippen LogP contribution in [0.2, 0.25) is 0 Å². The number of nitrogens with two attached hydrogens (primary N) is 1. The van der Waals surface area contributed by atoms with Gasteiger partial charge in [-0.25, -0.2) is 9.78 Å². The van der Waals surface area contributed by atoms with Gasteiger partial charge in [0, 0.05) is 17.5 Å². The van der Waals surface area contributed by atoms with Crippen molar-refractivity contribution in [1.29, 1.82) is 0 Å². The first-order chi connectivity index (χ1) is 8.74. The monoisotopic (exact) mass is 342 g/mol. The van der Waals surface area contributed by atoms with Gasteiger partial charge in [-0.15, -0.1) is 28.3 Å². The molecular formula is C13H15BrN2O2S. The fraction of sp³-hybridized carbons (Fsp3) is 0.231. The van der Waals surface area contributed by atoms with E-state index in [-0.39, 0.29) is 23.0 Å². The average molecular weight is 343 g/mol. The molecule has 19 heavy (non-hydrogen) atoms. The summed E-state index contributed by atoms with van der Waals surface area (Å²) in [7, 11) is 0. The zero-order chi connectivity index (χ0) is 13.0. The second kappa shape index (κ2) is 7.37. The maximum Gasteiger partial charge on any atom is 0.357 e. The molecule has 2 aromatic rings. The number of ether oxygens (including phenoxy) is 1. The van der Waals surface area contributed by atoms with Gasteiger partial charge in [0.15, 0.2) is 5.69 Å². The van der Waals surface area contributed by atoms with E-state index in [0.717, 1.165) is 16.1 Å². The van der Waals surface area contributed by atoms with Crippen molar-refractivity contribution in [1.82, 2.24) is 4.98 Å². The third-order valence-corrected chi connectivity index (χ3v) is 3.29. The van der Waals surface area contributed by atoms with Crippen LogP contribution in [0.4, 0.5) is 0 Å². The van der Waals surface area contributed by atoms with Crippen molar-refractivity contribution in [2.24, 2.45) is 5.73 Å². The Morgan fingerprint density at radius 3 is 2.95 bits per heavy atom. The molecule has 2 rings (SSSR count). The van der Waals surface area contributed by atoms with E-state index in [1.54, 1.807) is 12.3 Å². The van der Waals surface area contributed by atoms with Gasteiger partial charge < -0.3 is 10.5 Å². The van der Waals surface area contributed by atoms with E-state index in [0.29, 0.717) is 18.8 Å². The summed E-state index contributed by atoms with van der Waals surface area (Å²) in [6.07, 6.45) is 0. The molecule has 0 aliphatic rings. The molecule has 2 N–H and O–H groups in total. The first kappa shape index (κ1) is 15.8. The van der Waals surface area contributed by atoms with Gasteiger partial charge in [0.05, 0.1) is 6.61 Å². The average Bonchev–Trinajstić information content (AvgIpc) is 2.89. The molecule has 0 radical (unpaired) electrons. The largest absolute Gasteiger partial charge is 0.461 e. The smallest absolute Gasteiger partial charge is 0.357 e. The molecular weight excluding hydrogens is 328 g/mol. The first-order valence-electron chi connectivity index (χ1n) is 5.66. The fourth-order valence-corrected chi connectivity index (χ4v) is 2.32. The van der Waals surface area contributed by atoms with Crippen LogP contribution in [0.5, 0.6) is 0 Å². The zero-order valence-corrected chi connectivity index (χ0v) is 13.0. The predicted molar refractivity (Wildman–Crippen MR) is 81.7 cm³/mol. The lowest BCUT2D eigenvalue weighted by molar-refractivity contribution is 0.0520. The number of aromatic nitrogens is 1. The van der Waals surface area contributed by atoms with Crippen LogP contribution in [0.1, 0.15) is 23.0 Å². The van der Waals surface area contributed by atoms with Crippen molar-refractivity contribution >= 4 is 34.3 Å². The maximum atomic E-state index is 11.5. The lowest BCUT2D eigenvalue weighted by Crippen LogP contribution is -2.04. The Bertz CT molecular complexity index is 557. The number of halogens is 1. The van der Waals surface area contributed by atoms with E-state index < -0.39 is 0 Å². The van der Waals surface area contributed by atoms with E-state index in [4.69, 9.17) is 10.5 Å². The molecule has 0 bridgehead atoms. The summed E-state index contributed by atoms with van der Waals surface area (Å²) in [6, 6.07) is 7.83. The van der Waals surface area contributed by atoms with Gasteiger partial charge in [0.1, 0.15) is 5.01 Å². The fourth-order valence-electron chi connectivity index (χ4n) is 1.54. The van der Waals surface area contributed by atoms with Crippen LogP contribution in [0.15, 0.2) is 29.6 Å². The Labute approximate surface area is 126 Å². The molecule has 1 aromatic heterocycles. The Morgan fingerprint density at radius 2 is 2.26 bits per heavy atom. The van der Waals surface area contributed by atoms with Crippen molar-refractivity contribution in [3.8, 4) is 10.6 Å². The highest BCUT2D eigenvalue weighted by Crippen LogP contribution is 2.24. The summed E-state index contributed by atoms with van der Waals surface area (Å²) in [4.78, 5) is 15.8. The highest BCUT2D eigenvalue weighted by atomic mass is 79.9. The Kier molecular flexibility index (Phi) is 6.14. The van der Waals surface area contributed by atoms with Gasteiger partial charge in [-0.2, -0.15) is 0 Å². The van der Waals surface area contributed by atoms with Crippen molar-refractivity contribution in [2.75, 3.05) is 6.61 Å². The van der Waals surface area contributed by atoms with Gasteiger partial charge in [0.2, 0.25) is 0 Å². The lowest BCUT2D eigenvalue weighted by atomic mass is 10.1. The maximum absolute atomic E-state index is 11.5. The van der Waals surface area contributed by atoms with E-state index in [2.05, 4.69) is 4.98 Å². The SMILES string of the molecule is Br.CCOC(=O)c1csc(-c2cccc(CN)c2)n1. The molecule has 0 unspecified atom stereocenters. The van der Waals surface area contributed by atoms with Crippen LogP contribution in [0.3, 0.4) is 0 Å². The standard InChI is InChI=1S/C13H14N2O2S.BrH/c1-2-17-13(16)11-8-18-12(15-11)10-5-3-4-9(6-10)7-14;/h3-6,8H,2,7,14H2,1H3;1H. The van der Waals surface area contributed by atoms with E-state index >= 15 is 0 Å². The third kappa shape index (κ3) is 3.86. The van der Waals surface area contributed by atoms with Crippen molar-refractivity contribution in [2.45, 2.75) is 13.5 Å². The minimum Gasteiger partial charge on any atom is -0.461 e. The van der Waals surface area contributed by atoms with Crippen molar-refractivity contribution in [3.05, 3.63) is 40.9 Å². The van der Waals surface area contributed by atoms with E-state index in [1.807, 2.05) is 24.3 Å². The van der Waals surface area contributed by atoms with Crippen LogP contribution in [-0.2, 0) is 11.3 Å². The van der Waals surface area contributed by atoms with Crippen LogP contribution < -0.4 is 5.73 Å². The highest BCUT2D eigenvalue weighted by Gasteiger charge is 2.12. The molecule has 0 fully saturated rings. The summed E-state index contributed by atoms with van der Waals surface area (Å²) in [5.74, 6) is -0.380. The molecule has 102 valence electrons. The summed E-state index contributed by atoms with van der Waals surface area (Å²) in [6.45, 7) is 2.62. The number of thiazole rings is 1. The Hall–Kier alpha value is -1.24. The number of hydrogen-bond acceptors (Lipinski definition) is 5. The number of hydrogen-bond donors (Lipinski definition) is 1. The minimum absolute atomic E-state index is 0. The van der Waals surface area contributed by atoms with Crippen LogP contribution in [0, 0.1) is 0 Å². The second-order valence-electron chi connectivity index (χ2n) is 3.66. The number of carbonyl (C=O) groups excluding carboxylic acids is 1.